The molecule has 7 nitrogen and oxygen atoms in total. The molecule has 2 amide bonds. The number of thioether (sulfide) groups is 1. The zero-order valence-electron chi connectivity index (χ0n) is 12.2. The van der Waals surface area contributed by atoms with Crippen molar-refractivity contribution in [2.45, 2.75) is 5.75 Å². The first-order valence-corrected chi connectivity index (χ1v) is 8.96. The molecule has 2 rings (SSSR count). The van der Waals surface area contributed by atoms with Crippen LogP contribution in [0.2, 0.25) is 4.34 Å². The van der Waals surface area contributed by atoms with E-state index in [-0.39, 0.29) is 22.9 Å². The van der Waals surface area contributed by atoms with Gasteiger partial charge in [-0.15, -0.1) is 23.1 Å². The van der Waals surface area contributed by atoms with Gasteiger partial charge in [0.15, 0.2) is 0 Å². The first kappa shape index (κ1) is 18.2. The summed E-state index contributed by atoms with van der Waals surface area (Å²) in [7, 11) is 0. The molecule has 0 aliphatic heterocycles. The molecule has 2 N–H and O–H groups in total. The van der Waals surface area contributed by atoms with Gasteiger partial charge in [0.1, 0.15) is 0 Å². The lowest BCUT2D eigenvalue weighted by Crippen LogP contribution is -2.42. The third kappa shape index (κ3) is 5.52. The van der Waals surface area contributed by atoms with Crippen molar-refractivity contribution in [2.24, 2.45) is 0 Å². The van der Waals surface area contributed by atoms with E-state index in [2.05, 4.69) is 10.9 Å². The Morgan fingerprint density at radius 3 is 2.46 bits per heavy atom. The molecule has 126 valence electrons. The number of hydrazine groups is 1. The van der Waals surface area contributed by atoms with Crippen molar-refractivity contribution >= 4 is 52.2 Å². The monoisotopic (exact) mass is 385 g/mol. The third-order valence-electron chi connectivity index (χ3n) is 2.76. The largest absolute Gasteiger partial charge is 0.272 e. The zero-order valence-corrected chi connectivity index (χ0v) is 14.5. The van der Waals surface area contributed by atoms with Crippen molar-refractivity contribution in [3.63, 3.8) is 0 Å². The SMILES string of the molecule is O=C(CSCc1ccc(Cl)s1)NNC(=O)c1ccc([N+](=O)[O-])cc1. The number of nitrogens with zero attached hydrogens (tertiary/aromatic N) is 1. The van der Waals surface area contributed by atoms with Crippen molar-refractivity contribution in [3.05, 3.63) is 61.3 Å². The molecule has 10 heteroatoms. The Balaban J connectivity index is 1.72. The molecule has 0 radical (unpaired) electrons. The minimum atomic E-state index is -0.554. The fourth-order valence-electron chi connectivity index (χ4n) is 1.64. The molecular weight excluding hydrogens is 374 g/mol. The topological polar surface area (TPSA) is 101 Å². The molecule has 0 spiro atoms. The van der Waals surface area contributed by atoms with Crippen LogP contribution < -0.4 is 10.9 Å². The number of rotatable bonds is 6. The maximum atomic E-state index is 11.8. The van der Waals surface area contributed by atoms with Crippen LogP contribution in [-0.4, -0.2) is 22.5 Å². The smallest absolute Gasteiger partial charge is 0.269 e. The summed E-state index contributed by atoms with van der Waals surface area (Å²) in [4.78, 5) is 34.5. The summed E-state index contributed by atoms with van der Waals surface area (Å²) < 4.78 is 0.699. The van der Waals surface area contributed by atoms with E-state index in [4.69, 9.17) is 11.6 Å². The van der Waals surface area contributed by atoms with Crippen LogP contribution in [0.15, 0.2) is 36.4 Å². The van der Waals surface area contributed by atoms with Crippen molar-refractivity contribution in [2.75, 3.05) is 5.75 Å². The average Bonchev–Trinajstić information content (AvgIpc) is 2.98. The highest BCUT2D eigenvalue weighted by atomic mass is 35.5. The van der Waals surface area contributed by atoms with Gasteiger partial charge < -0.3 is 0 Å². The molecule has 24 heavy (non-hydrogen) atoms. The van der Waals surface area contributed by atoms with Gasteiger partial charge in [0, 0.05) is 28.3 Å². The zero-order chi connectivity index (χ0) is 17.5. The Morgan fingerprint density at radius 2 is 1.88 bits per heavy atom. The van der Waals surface area contributed by atoms with E-state index in [9.17, 15) is 19.7 Å². The fraction of sp³-hybridized carbons (Fsp3) is 0.143. The molecule has 1 aromatic heterocycles. The highest BCUT2D eigenvalue weighted by molar-refractivity contribution is 7.99. The fourth-order valence-corrected chi connectivity index (χ4v) is 3.67. The third-order valence-corrected chi connectivity index (χ3v) is 5.16. The molecular formula is C14H12ClN3O4S2. The summed E-state index contributed by atoms with van der Waals surface area (Å²) >= 11 is 8.66. The number of nitro groups is 1. The van der Waals surface area contributed by atoms with Gasteiger partial charge in [0.05, 0.1) is 15.0 Å². The van der Waals surface area contributed by atoms with Crippen LogP contribution in [0.1, 0.15) is 15.2 Å². The number of carbonyl (C=O) groups is 2. The Bertz CT molecular complexity index is 749. The average molecular weight is 386 g/mol. The van der Waals surface area contributed by atoms with Crippen LogP contribution in [0.4, 0.5) is 5.69 Å². The molecule has 0 aliphatic carbocycles. The van der Waals surface area contributed by atoms with Crippen LogP contribution in [0.5, 0.6) is 0 Å². The van der Waals surface area contributed by atoms with E-state index >= 15 is 0 Å². The number of halogens is 1. The molecule has 0 atom stereocenters. The second-order valence-electron chi connectivity index (χ2n) is 4.50. The highest BCUT2D eigenvalue weighted by Gasteiger charge is 2.10. The lowest BCUT2D eigenvalue weighted by molar-refractivity contribution is -0.384. The highest BCUT2D eigenvalue weighted by Crippen LogP contribution is 2.24. The van der Waals surface area contributed by atoms with Gasteiger partial charge in [-0.2, -0.15) is 0 Å². The van der Waals surface area contributed by atoms with Gasteiger partial charge in [-0.05, 0) is 24.3 Å². The van der Waals surface area contributed by atoms with E-state index in [1.54, 1.807) is 6.07 Å². The molecule has 1 aromatic carbocycles. The summed E-state index contributed by atoms with van der Waals surface area (Å²) in [5.41, 5.74) is 4.65. The normalized spacial score (nSPS) is 10.2. The van der Waals surface area contributed by atoms with Crippen molar-refractivity contribution in [3.8, 4) is 0 Å². The van der Waals surface area contributed by atoms with Gasteiger partial charge in [0.25, 0.3) is 11.6 Å². The van der Waals surface area contributed by atoms with E-state index < -0.39 is 10.8 Å². The number of thiophene rings is 1. The van der Waals surface area contributed by atoms with Gasteiger partial charge in [-0.3, -0.25) is 30.6 Å². The maximum Gasteiger partial charge on any atom is 0.269 e. The molecule has 0 bridgehead atoms. The van der Waals surface area contributed by atoms with Crippen LogP contribution >= 0.6 is 34.7 Å². The molecule has 0 unspecified atom stereocenters. The number of hydrogen-bond donors (Lipinski definition) is 2. The quantitative estimate of drug-likeness (QED) is 0.588. The van der Waals surface area contributed by atoms with E-state index in [1.807, 2.05) is 6.07 Å². The number of non-ortho nitro benzene ring substituents is 1. The number of nitrogens with one attached hydrogen (secondary N) is 2. The summed E-state index contributed by atoms with van der Waals surface area (Å²) in [6.07, 6.45) is 0. The van der Waals surface area contributed by atoms with Crippen molar-refractivity contribution in [1.82, 2.24) is 10.9 Å². The summed E-state index contributed by atoms with van der Waals surface area (Å²) in [5.74, 6) is -0.0665. The Hall–Kier alpha value is -2.10. The second kappa shape index (κ2) is 8.67. The van der Waals surface area contributed by atoms with Crippen LogP contribution in [-0.2, 0) is 10.5 Å². The first-order valence-electron chi connectivity index (χ1n) is 6.61. The number of hydrogen-bond acceptors (Lipinski definition) is 6. The lowest BCUT2D eigenvalue weighted by Gasteiger charge is -2.07. The van der Waals surface area contributed by atoms with Crippen molar-refractivity contribution < 1.29 is 14.5 Å². The van der Waals surface area contributed by atoms with Gasteiger partial charge in [0.2, 0.25) is 5.91 Å². The molecule has 0 saturated carbocycles. The van der Waals surface area contributed by atoms with Crippen LogP contribution in [0.3, 0.4) is 0 Å². The molecule has 0 fully saturated rings. The van der Waals surface area contributed by atoms with Gasteiger partial charge in [-0.1, -0.05) is 11.6 Å². The minimum Gasteiger partial charge on any atom is -0.272 e. The predicted octanol–water partition coefficient (Wildman–Crippen LogP) is 3.00. The minimum absolute atomic E-state index is 0.110. The van der Waals surface area contributed by atoms with Crippen LogP contribution in [0, 0.1) is 10.1 Å². The number of amides is 2. The van der Waals surface area contributed by atoms with Crippen LogP contribution in [0.25, 0.3) is 0 Å². The standard InChI is InChI=1S/C14H12ClN3O4S2/c15-12-6-5-11(24-12)7-23-8-13(19)16-17-14(20)9-1-3-10(4-2-9)18(21)22/h1-6H,7-8H2,(H,16,19)(H,17,20). The first-order chi connectivity index (χ1) is 11.5. The Labute approximate surface area is 150 Å². The summed E-state index contributed by atoms with van der Waals surface area (Å²) in [6, 6.07) is 8.77. The molecule has 0 saturated heterocycles. The van der Waals surface area contributed by atoms with Gasteiger partial charge >= 0.3 is 0 Å². The second-order valence-corrected chi connectivity index (χ2v) is 7.29. The van der Waals surface area contributed by atoms with E-state index in [0.717, 1.165) is 4.88 Å². The molecule has 1 heterocycles. The summed E-state index contributed by atoms with van der Waals surface area (Å²) in [6.45, 7) is 0. The predicted molar refractivity (Wildman–Crippen MR) is 94.2 cm³/mol. The molecule has 2 aromatic rings. The molecule has 0 aliphatic rings. The lowest BCUT2D eigenvalue weighted by atomic mass is 10.2. The Kier molecular flexibility index (Phi) is 6.59. The maximum absolute atomic E-state index is 11.8. The van der Waals surface area contributed by atoms with E-state index in [0.29, 0.717) is 10.1 Å². The summed E-state index contributed by atoms with van der Waals surface area (Å²) in [5, 5.41) is 10.5. The number of nitro benzene ring substituents is 1. The van der Waals surface area contributed by atoms with E-state index in [1.165, 1.54) is 47.4 Å². The Morgan fingerprint density at radius 1 is 1.17 bits per heavy atom. The van der Waals surface area contributed by atoms with Crippen molar-refractivity contribution in [1.29, 1.82) is 0 Å². The number of carbonyl (C=O) groups excluding carboxylic acids is 2. The number of benzene rings is 1. The van der Waals surface area contributed by atoms with Gasteiger partial charge in [-0.25, -0.2) is 0 Å².